The maximum absolute atomic E-state index is 10.3. The molecule has 0 aromatic carbocycles. The predicted molar refractivity (Wildman–Crippen MR) is 36.9 cm³/mol. The molecule has 0 aliphatic heterocycles. The molecule has 0 aromatic rings. The summed E-state index contributed by atoms with van der Waals surface area (Å²) in [5.74, 6) is -0.0306. The molecule has 0 fully saturated rings. The van der Waals surface area contributed by atoms with Gasteiger partial charge in [0.15, 0.2) is 6.19 Å². The van der Waals surface area contributed by atoms with E-state index in [0.29, 0.717) is 13.1 Å². The summed E-state index contributed by atoms with van der Waals surface area (Å²) in [5.41, 5.74) is 0. The fourth-order valence-electron chi connectivity index (χ4n) is 0.497. The van der Waals surface area contributed by atoms with Gasteiger partial charge in [-0.2, -0.15) is 5.26 Å². The fourth-order valence-corrected chi connectivity index (χ4v) is 0.497. The predicted octanol–water partition coefficient (Wildman–Crippen LogP) is -0.417. The molecule has 0 heterocycles. The van der Waals surface area contributed by atoms with E-state index in [1.165, 1.54) is 6.92 Å². The van der Waals surface area contributed by atoms with Crippen LogP contribution in [0.2, 0.25) is 0 Å². The quantitative estimate of drug-likeness (QED) is 0.317. The van der Waals surface area contributed by atoms with E-state index >= 15 is 0 Å². The number of rotatable bonds is 4. The summed E-state index contributed by atoms with van der Waals surface area (Å²) < 4.78 is 0. The van der Waals surface area contributed by atoms with E-state index in [9.17, 15) is 4.79 Å². The average Bonchev–Trinajstić information content (AvgIpc) is 1.87. The van der Waals surface area contributed by atoms with Crippen LogP contribution in [-0.4, -0.2) is 19.0 Å². The van der Waals surface area contributed by atoms with Crippen molar-refractivity contribution in [2.24, 2.45) is 0 Å². The molecule has 4 heteroatoms. The van der Waals surface area contributed by atoms with E-state index in [2.05, 4.69) is 10.6 Å². The van der Waals surface area contributed by atoms with Gasteiger partial charge in [-0.1, -0.05) is 0 Å². The van der Waals surface area contributed by atoms with Crippen LogP contribution < -0.4 is 10.6 Å². The van der Waals surface area contributed by atoms with Gasteiger partial charge in [-0.05, 0) is 6.42 Å². The van der Waals surface area contributed by atoms with Crippen molar-refractivity contribution in [1.82, 2.24) is 10.6 Å². The molecule has 0 unspecified atom stereocenters. The second kappa shape index (κ2) is 5.89. The Labute approximate surface area is 60.2 Å². The molecule has 1 amide bonds. The summed E-state index contributed by atoms with van der Waals surface area (Å²) in [4.78, 5) is 10.3. The summed E-state index contributed by atoms with van der Waals surface area (Å²) in [6, 6.07) is 0. The highest BCUT2D eigenvalue weighted by Crippen LogP contribution is 1.71. The van der Waals surface area contributed by atoms with Gasteiger partial charge in [-0.3, -0.25) is 4.79 Å². The highest BCUT2D eigenvalue weighted by atomic mass is 16.1. The Morgan fingerprint density at radius 2 is 2.30 bits per heavy atom. The zero-order valence-corrected chi connectivity index (χ0v) is 5.98. The van der Waals surface area contributed by atoms with Gasteiger partial charge in [0.2, 0.25) is 5.91 Å². The van der Waals surface area contributed by atoms with E-state index in [0.717, 1.165) is 6.42 Å². The van der Waals surface area contributed by atoms with Crippen molar-refractivity contribution >= 4 is 5.91 Å². The maximum Gasteiger partial charge on any atom is 0.216 e. The van der Waals surface area contributed by atoms with Crippen molar-refractivity contribution in [2.45, 2.75) is 13.3 Å². The van der Waals surface area contributed by atoms with E-state index < -0.39 is 0 Å². The van der Waals surface area contributed by atoms with E-state index in [4.69, 9.17) is 5.26 Å². The molecule has 0 saturated carbocycles. The van der Waals surface area contributed by atoms with Gasteiger partial charge in [0, 0.05) is 20.0 Å². The molecule has 0 aromatic heterocycles. The number of nitrogens with one attached hydrogen (secondary N) is 2. The van der Waals surface area contributed by atoms with Crippen molar-refractivity contribution in [3.05, 3.63) is 0 Å². The Morgan fingerprint density at radius 1 is 1.60 bits per heavy atom. The molecule has 0 spiro atoms. The van der Waals surface area contributed by atoms with Gasteiger partial charge in [-0.25, -0.2) is 0 Å². The number of nitriles is 1. The second-order valence-electron chi connectivity index (χ2n) is 1.88. The Bertz CT molecular complexity index is 138. The average molecular weight is 141 g/mol. The summed E-state index contributed by atoms with van der Waals surface area (Å²) in [6.45, 7) is 2.72. The lowest BCUT2D eigenvalue weighted by Gasteiger charge is -1.98. The summed E-state index contributed by atoms with van der Waals surface area (Å²) in [6.07, 6.45) is 2.58. The molecule has 0 radical (unpaired) electrons. The van der Waals surface area contributed by atoms with Crippen LogP contribution in [0.3, 0.4) is 0 Å². The highest BCUT2D eigenvalue weighted by molar-refractivity contribution is 5.72. The smallest absolute Gasteiger partial charge is 0.216 e. The van der Waals surface area contributed by atoms with Gasteiger partial charge < -0.3 is 10.6 Å². The van der Waals surface area contributed by atoms with Gasteiger partial charge >= 0.3 is 0 Å². The molecule has 0 bridgehead atoms. The number of carbonyl (C=O) groups is 1. The lowest BCUT2D eigenvalue weighted by atomic mass is 10.4. The van der Waals surface area contributed by atoms with Gasteiger partial charge in [0.1, 0.15) is 0 Å². The van der Waals surface area contributed by atoms with Crippen molar-refractivity contribution in [3.63, 3.8) is 0 Å². The molecule has 2 N–H and O–H groups in total. The number of hydrogen-bond acceptors (Lipinski definition) is 3. The second-order valence-corrected chi connectivity index (χ2v) is 1.88. The van der Waals surface area contributed by atoms with Crippen LogP contribution in [0.1, 0.15) is 13.3 Å². The van der Waals surface area contributed by atoms with E-state index in [-0.39, 0.29) is 5.91 Å². The van der Waals surface area contributed by atoms with Gasteiger partial charge in [0.25, 0.3) is 0 Å². The van der Waals surface area contributed by atoms with Gasteiger partial charge in [-0.15, -0.1) is 0 Å². The molecule has 4 nitrogen and oxygen atoms in total. The van der Waals surface area contributed by atoms with Crippen LogP contribution in [-0.2, 0) is 4.79 Å². The summed E-state index contributed by atoms with van der Waals surface area (Å²) in [5, 5.41) is 13.1. The van der Waals surface area contributed by atoms with Crippen molar-refractivity contribution in [1.29, 1.82) is 5.26 Å². The lowest BCUT2D eigenvalue weighted by molar-refractivity contribution is -0.118. The molecule has 10 heavy (non-hydrogen) atoms. The lowest BCUT2D eigenvalue weighted by Crippen LogP contribution is -2.23. The Kier molecular flexibility index (Phi) is 5.16. The standard InChI is InChI=1S/C6H11N3O/c1-6(10)9-4-2-3-8-5-7/h8H,2-4H2,1H3,(H,9,10). The van der Waals surface area contributed by atoms with Crippen LogP contribution in [0.5, 0.6) is 0 Å². The largest absolute Gasteiger partial charge is 0.356 e. The third-order valence-electron chi connectivity index (χ3n) is 0.932. The molecule has 0 aliphatic carbocycles. The Morgan fingerprint density at radius 3 is 2.80 bits per heavy atom. The van der Waals surface area contributed by atoms with Crippen LogP contribution in [0.15, 0.2) is 0 Å². The third-order valence-corrected chi connectivity index (χ3v) is 0.932. The first-order valence-corrected chi connectivity index (χ1v) is 3.13. The molecule has 0 saturated heterocycles. The SMILES string of the molecule is CC(=O)NCCCNC#N. The van der Waals surface area contributed by atoms with Crippen molar-refractivity contribution < 1.29 is 4.79 Å². The number of hydrogen-bond donors (Lipinski definition) is 2. The van der Waals surface area contributed by atoms with Gasteiger partial charge in [0.05, 0.1) is 0 Å². The molecule has 0 atom stereocenters. The van der Waals surface area contributed by atoms with Crippen LogP contribution >= 0.6 is 0 Å². The molecular formula is C6H11N3O. The molecule has 0 rings (SSSR count). The summed E-state index contributed by atoms with van der Waals surface area (Å²) in [7, 11) is 0. The van der Waals surface area contributed by atoms with Crippen LogP contribution in [0, 0.1) is 11.5 Å². The fraction of sp³-hybridized carbons (Fsp3) is 0.667. The Hall–Kier alpha value is -1.24. The molecular weight excluding hydrogens is 130 g/mol. The first-order chi connectivity index (χ1) is 4.77. The van der Waals surface area contributed by atoms with Crippen LogP contribution in [0.25, 0.3) is 0 Å². The topological polar surface area (TPSA) is 64.9 Å². The monoisotopic (exact) mass is 141 g/mol. The first kappa shape index (κ1) is 8.76. The normalized spacial score (nSPS) is 8.00. The minimum Gasteiger partial charge on any atom is -0.356 e. The summed E-state index contributed by atoms with van der Waals surface area (Å²) >= 11 is 0. The number of nitrogens with zero attached hydrogens (tertiary/aromatic N) is 1. The van der Waals surface area contributed by atoms with Crippen molar-refractivity contribution in [2.75, 3.05) is 13.1 Å². The van der Waals surface area contributed by atoms with Crippen LogP contribution in [0.4, 0.5) is 0 Å². The zero-order chi connectivity index (χ0) is 7.82. The van der Waals surface area contributed by atoms with E-state index in [1.807, 2.05) is 0 Å². The third kappa shape index (κ3) is 6.76. The number of carbonyl (C=O) groups excluding carboxylic acids is 1. The minimum atomic E-state index is -0.0306. The first-order valence-electron chi connectivity index (χ1n) is 3.13. The highest BCUT2D eigenvalue weighted by Gasteiger charge is 1.88. The molecule has 56 valence electrons. The number of amides is 1. The molecule has 0 aliphatic rings. The zero-order valence-electron chi connectivity index (χ0n) is 5.98. The minimum absolute atomic E-state index is 0.0306. The van der Waals surface area contributed by atoms with E-state index in [1.54, 1.807) is 6.19 Å². The Balaban J connectivity index is 2.92. The maximum atomic E-state index is 10.3. The van der Waals surface area contributed by atoms with Crippen molar-refractivity contribution in [3.8, 4) is 6.19 Å².